The van der Waals surface area contributed by atoms with Gasteiger partial charge in [-0.1, -0.05) is 18.5 Å². The zero-order valence-corrected chi connectivity index (χ0v) is 10.8. The molecular weight excluding hydrogens is 250 g/mol. The average molecular weight is 264 g/mol. The number of nitrogens with zero attached hydrogens (tertiary/aromatic N) is 4. The summed E-state index contributed by atoms with van der Waals surface area (Å²) in [6.07, 6.45) is 1.25. The van der Waals surface area contributed by atoms with E-state index in [1.54, 1.807) is 12.1 Å². The second-order valence-electron chi connectivity index (χ2n) is 4.89. The quantitative estimate of drug-likeness (QED) is 0.862. The van der Waals surface area contributed by atoms with Gasteiger partial charge in [-0.2, -0.15) is 0 Å². The summed E-state index contributed by atoms with van der Waals surface area (Å²) in [6, 6.07) is 5.37. The molecule has 2 atom stereocenters. The van der Waals surface area contributed by atoms with Gasteiger partial charge in [0, 0.05) is 22.8 Å². The predicted octanol–water partition coefficient (Wildman–Crippen LogP) is 2.23. The first kappa shape index (κ1) is 11.5. The third-order valence-electron chi connectivity index (χ3n) is 3.47. The van der Waals surface area contributed by atoms with Gasteiger partial charge >= 0.3 is 0 Å². The lowest BCUT2D eigenvalue weighted by Gasteiger charge is -2.06. The van der Waals surface area contributed by atoms with Crippen molar-refractivity contribution in [2.24, 2.45) is 11.8 Å². The Labute approximate surface area is 110 Å². The number of benzene rings is 1. The van der Waals surface area contributed by atoms with Gasteiger partial charge in [0.2, 0.25) is 0 Å². The maximum absolute atomic E-state index is 5.96. The van der Waals surface area contributed by atoms with Gasteiger partial charge in [0.25, 0.3) is 0 Å². The van der Waals surface area contributed by atoms with Crippen molar-refractivity contribution in [1.29, 1.82) is 0 Å². The van der Waals surface area contributed by atoms with E-state index >= 15 is 0 Å². The highest BCUT2D eigenvalue weighted by Crippen LogP contribution is 2.39. The summed E-state index contributed by atoms with van der Waals surface area (Å²) in [5.41, 5.74) is 7.39. The Morgan fingerprint density at radius 2 is 2.28 bits per heavy atom. The van der Waals surface area contributed by atoms with E-state index < -0.39 is 0 Å². The maximum atomic E-state index is 5.96. The Kier molecular flexibility index (Phi) is 2.70. The fraction of sp³-hybridized carbons (Fsp3) is 0.417. The molecule has 1 heterocycles. The maximum Gasteiger partial charge on any atom is 0.184 e. The number of hydrogen-bond donors (Lipinski definition) is 1. The lowest BCUT2D eigenvalue weighted by Crippen LogP contribution is -2.06. The molecule has 0 bridgehead atoms. The first-order valence-electron chi connectivity index (χ1n) is 5.96. The Balaban J connectivity index is 1.93. The van der Waals surface area contributed by atoms with Crippen LogP contribution in [0.4, 0.5) is 5.69 Å². The van der Waals surface area contributed by atoms with E-state index in [9.17, 15) is 0 Å². The summed E-state index contributed by atoms with van der Waals surface area (Å²) >= 11 is 5.89. The molecule has 3 rings (SSSR count). The van der Waals surface area contributed by atoms with Crippen LogP contribution in [0.25, 0.3) is 11.4 Å². The predicted molar refractivity (Wildman–Crippen MR) is 69.9 cm³/mol. The average Bonchev–Trinajstić information content (AvgIpc) is 2.83. The molecule has 2 unspecified atom stereocenters. The van der Waals surface area contributed by atoms with E-state index in [4.69, 9.17) is 17.3 Å². The number of rotatable bonds is 3. The number of aromatic nitrogens is 4. The topological polar surface area (TPSA) is 69.6 Å². The van der Waals surface area contributed by atoms with Crippen LogP contribution in [0.5, 0.6) is 0 Å². The van der Waals surface area contributed by atoms with Crippen molar-refractivity contribution in [3.63, 3.8) is 0 Å². The Morgan fingerprint density at radius 3 is 2.94 bits per heavy atom. The van der Waals surface area contributed by atoms with Crippen molar-refractivity contribution in [2.45, 2.75) is 19.9 Å². The number of nitrogen functional groups attached to an aromatic ring is 1. The molecule has 5 nitrogen and oxygen atoms in total. The normalized spacial score (nSPS) is 22.1. The first-order chi connectivity index (χ1) is 8.65. The minimum Gasteiger partial charge on any atom is -0.398 e. The van der Waals surface area contributed by atoms with E-state index in [2.05, 4.69) is 22.4 Å². The van der Waals surface area contributed by atoms with Gasteiger partial charge < -0.3 is 5.73 Å². The summed E-state index contributed by atoms with van der Waals surface area (Å²) in [7, 11) is 0. The summed E-state index contributed by atoms with van der Waals surface area (Å²) in [5, 5.41) is 12.5. The van der Waals surface area contributed by atoms with Crippen LogP contribution in [0.3, 0.4) is 0 Å². The second kappa shape index (κ2) is 4.24. The number of halogens is 1. The van der Waals surface area contributed by atoms with Crippen LogP contribution in [0.1, 0.15) is 13.3 Å². The molecule has 1 aromatic heterocycles. The highest BCUT2D eigenvalue weighted by atomic mass is 35.5. The molecule has 0 aliphatic heterocycles. The van der Waals surface area contributed by atoms with Gasteiger partial charge in [-0.15, -0.1) is 5.10 Å². The molecule has 0 amide bonds. The van der Waals surface area contributed by atoms with E-state index in [-0.39, 0.29) is 0 Å². The molecule has 2 aromatic rings. The van der Waals surface area contributed by atoms with Crippen LogP contribution in [0.15, 0.2) is 18.2 Å². The van der Waals surface area contributed by atoms with Crippen molar-refractivity contribution in [3.8, 4) is 11.4 Å². The summed E-state index contributed by atoms with van der Waals surface area (Å²) < 4.78 is 1.83. The van der Waals surface area contributed by atoms with Crippen LogP contribution in [0, 0.1) is 11.8 Å². The third-order valence-corrected chi connectivity index (χ3v) is 3.71. The standard InChI is InChI=1S/C12H14ClN5/c1-7-4-8(7)6-18-12(15-16-17-18)10-3-2-9(13)5-11(10)14/h2-3,5,7-8H,4,6,14H2,1H3. The van der Waals surface area contributed by atoms with Crippen molar-refractivity contribution >= 4 is 17.3 Å². The summed E-state index contributed by atoms with van der Waals surface area (Å²) in [5.74, 6) is 2.16. The highest BCUT2D eigenvalue weighted by Gasteiger charge is 2.33. The minimum absolute atomic E-state index is 0.599. The van der Waals surface area contributed by atoms with Crippen LogP contribution in [-0.4, -0.2) is 20.2 Å². The van der Waals surface area contributed by atoms with Crippen molar-refractivity contribution in [1.82, 2.24) is 20.2 Å². The fourth-order valence-corrected chi connectivity index (χ4v) is 2.31. The van der Waals surface area contributed by atoms with E-state index in [1.807, 2.05) is 10.7 Å². The Bertz CT molecular complexity index is 580. The van der Waals surface area contributed by atoms with Gasteiger partial charge in [-0.3, -0.25) is 0 Å². The van der Waals surface area contributed by atoms with Crippen molar-refractivity contribution < 1.29 is 0 Å². The molecule has 1 fully saturated rings. The molecule has 18 heavy (non-hydrogen) atoms. The molecule has 0 radical (unpaired) electrons. The molecule has 1 aliphatic carbocycles. The smallest absolute Gasteiger partial charge is 0.184 e. The van der Waals surface area contributed by atoms with Crippen LogP contribution < -0.4 is 5.73 Å². The van der Waals surface area contributed by atoms with E-state index in [0.717, 1.165) is 18.0 Å². The number of tetrazole rings is 1. The lowest BCUT2D eigenvalue weighted by molar-refractivity contribution is 0.528. The Hall–Kier alpha value is -1.62. The molecule has 1 saturated carbocycles. The summed E-state index contributed by atoms with van der Waals surface area (Å²) in [6.45, 7) is 3.09. The SMILES string of the molecule is CC1CC1Cn1nnnc1-c1ccc(Cl)cc1N. The largest absolute Gasteiger partial charge is 0.398 e. The monoisotopic (exact) mass is 263 g/mol. The van der Waals surface area contributed by atoms with Crippen molar-refractivity contribution in [2.75, 3.05) is 5.73 Å². The second-order valence-corrected chi connectivity index (χ2v) is 5.33. The van der Waals surface area contributed by atoms with Gasteiger partial charge in [-0.25, -0.2) is 4.68 Å². The molecule has 0 saturated heterocycles. The van der Waals surface area contributed by atoms with Gasteiger partial charge in [0.15, 0.2) is 5.82 Å². The Morgan fingerprint density at radius 1 is 1.50 bits per heavy atom. The van der Waals surface area contributed by atoms with Crippen LogP contribution in [0.2, 0.25) is 5.02 Å². The van der Waals surface area contributed by atoms with E-state index in [1.165, 1.54) is 6.42 Å². The van der Waals surface area contributed by atoms with Gasteiger partial charge in [-0.05, 0) is 46.9 Å². The number of anilines is 1. The molecule has 1 aromatic carbocycles. The molecule has 6 heteroatoms. The molecule has 1 aliphatic rings. The third kappa shape index (κ3) is 2.06. The van der Waals surface area contributed by atoms with E-state index in [0.29, 0.717) is 22.5 Å². The highest BCUT2D eigenvalue weighted by molar-refractivity contribution is 6.31. The van der Waals surface area contributed by atoms with Crippen molar-refractivity contribution in [3.05, 3.63) is 23.2 Å². The zero-order valence-electron chi connectivity index (χ0n) is 10.0. The zero-order chi connectivity index (χ0) is 12.7. The van der Waals surface area contributed by atoms with Gasteiger partial charge in [0.05, 0.1) is 0 Å². The molecular formula is C12H14ClN5. The molecule has 2 N–H and O–H groups in total. The van der Waals surface area contributed by atoms with Gasteiger partial charge in [0.1, 0.15) is 0 Å². The molecule has 94 valence electrons. The van der Waals surface area contributed by atoms with Crippen LogP contribution in [-0.2, 0) is 6.54 Å². The van der Waals surface area contributed by atoms with Crippen LogP contribution >= 0.6 is 11.6 Å². The fourth-order valence-electron chi connectivity index (χ4n) is 2.13. The number of nitrogens with two attached hydrogens (primary N) is 1. The molecule has 0 spiro atoms. The first-order valence-corrected chi connectivity index (χ1v) is 6.34. The summed E-state index contributed by atoms with van der Waals surface area (Å²) in [4.78, 5) is 0. The number of hydrogen-bond acceptors (Lipinski definition) is 4. The minimum atomic E-state index is 0.599. The lowest BCUT2D eigenvalue weighted by atomic mass is 10.1.